The molecule has 3 heterocycles. The summed E-state index contributed by atoms with van der Waals surface area (Å²) in [5.41, 5.74) is 0.667. The lowest BCUT2D eigenvalue weighted by Crippen LogP contribution is -2.35. The van der Waals surface area contributed by atoms with Gasteiger partial charge < -0.3 is 0 Å². The number of aromatic nitrogens is 2. The Hall–Kier alpha value is -2.80. The van der Waals surface area contributed by atoms with E-state index >= 15 is 0 Å². The fraction of sp³-hybridized carbons (Fsp3) is 0.125. The summed E-state index contributed by atoms with van der Waals surface area (Å²) in [5, 5.41) is 2.37. The number of rotatable bonds is 3. The molecule has 0 saturated heterocycles. The average Bonchev–Trinajstić information content (AvgIpc) is 3.13. The van der Waals surface area contributed by atoms with Crippen LogP contribution in [0.25, 0.3) is 10.2 Å². The van der Waals surface area contributed by atoms with Gasteiger partial charge in [-0.05, 0) is 23.6 Å². The van der Waals surface area contributed by atoms with Crippen LogP contribution in [0.5, 0.6) is 0 Å². The van der Waals surface area contributed by atoms with Gasteiger partial charge in [0.05, 0.1) is 22.8 Å². The van der Waals surface area contributed by atoms with Gasteiger partial charge in [-0.15, -0.1) is 11.3 Å². The van der Waals surface area contributed by atoms with Crippen LogP contribution in [0.2, 0.25) is 0 Å². The lowest BCUT2D eigenvalue weighted by atomic mass is 10.1. The van der Waals surface area contributed by atoms with Gasteiger partial charge in [-0.25, -0.2) is 4.98 Å². The average molecular weight is 325 g/mol. The molecule has 7 heteroatoms. The molecule has 0 unspecified atom stereocenters. The van der Waals surface area contributed by atoms with E-state index in [1.165, 1.54) is 27.1 Å². The topological polar surface area (TPSA) is 72.3 Å². The number of hydrogen-bond acceptors (Lipinski definition) is 5. The van der Waals surface area contributed by atoms with Crippen molar-refractivity contribution < 1.29 is 9.59 Å². The normalized spacial score (nSPS) is 13.8. The lowest BCUT2D eigenvalue weighted by molar-refractivity contribution is 0.0648. The summed E-state index contributed by atoms with van der Waals surface area (Å²) in [6.45, 7) is 0.368. The minimum atomic E-state index is -0.316. The van der Waals surface area contributed by atoms with E-state index in [2.05, 4.69) is 4.98 Å². The van der Waals surface area contributed by atoms with Crippen LogP contribution >= 0.6 is 11.3 Å². The SMILES string of the molecule is O=C1c2ccccc2C(=O)N1CCn1cnc2sccc2c1=O. The summed E-state index contributed by atoms with van der Waals surface area (Å²) in [6, 6.07) is 8.47. The van der Waals surface area contributed by atoms with E-state index in [1.807, 2.05) is 5.38 Å². The van der Waals surface area contributed by atoms with Crippen molar-refractivity contribution in [2.75, 3.05) is 6.54 Å². The summed E-state index contributed by atoms with van der Waals surface area (Å²) in [6.07, 6.45) is 1.46. The Morgan fingerprint density at radius 3 is 2.35 bits per heavy atom. The summed E-state index contributed by atoms with van der Waals surface area (Å²) < 4.78 is 1.43. The number of hydrogen-bond donors (Lipinski definition) is 0. The molecule has 2 aromatic heterocycles. The van der Waals surface area contributed by atoms with Crippen LogP contribution in [0.1, 0.15) is 20.7 Å². The summed E-state index contributed by atoms with van der Waals surface area (Å²) in [4.78, 5) is 43.0. The molecule has 0 aliphatic carbocycles. The van der Waals surface area contributed by atoms with Crippen LogP contribution in [0.4, 0.5) is 0 Å². The molecule has 0 N–H and O–H groups in total. The highest BCUT2D eigenvalue weighted by atomic mass is 32.1. The standard InChI is InChI=1S/C16H11N3O3S/c20-14-12-5-8-23-13(12)17-9-18(14)6-7-19-15(21)10-3-1-2-4-11(10)16(19)22/h1-5,8-9H,6-7H2. The first-order chi connectivity index (χ1) is 11.2. The highest BCUT2D eigenvalue weighted by Crippen LogP contribution is 2.22. The van der Waals surface area contributed by atoms with Crippen LogP contribution in [-0.4, -0.2) is 32.8 Å². The van der Waals surface area contributed by atoms with Crippen LogP contribution in [-0.2, 0) is 6.54 Å². The molecule has 23 heavy (non-hydrogen) atoms. The molecule has 0 fully saturated rings. The van der Waals surface area contributed by atoms with Crippen molar-refractivity contribution in [3.63, 3.8) is 0 Å². The fourth-order valence-electron chi connectivity index (χ4n) is 2.70. The summed E-state index contributed by atoms with van der Waals surface area (Å²) >= 11 is 1.40. The van der Waals surface area contributed by atoms with Gasteiger partial charge in [-0.3, -0.25) is 23.9 Å². The monoisotopic (exact) mass is 325 g/mol. The van der Waals surface area contributed by atoms with Gasteiger partial charge in [0.1, 0.15) is 4.83 Å². The molecule has 114 valence electrons. The second kappa shape index (κ2) is 5.13. The first-order valence-electron chi connectivity index (χ1n) is 7.04. The van der Waals surface area contributed by atoms with Gasteiger partial charge in [0.25, 0.3) is 17.4 Å². The fourth-order valence-corrected chi connectivity index (χ4v) is 3.43. The Labute approximate surface area is 134 Å². The minimum absolute atomic E-state index is 0.142. The quantitative estimate of drug-likeness (QED) is 0.688. The van der Waals surface area contributed by atoms with E-state index in [-0.39, 0.29) is 30.5 Å². The highest BCUT2D eigenvalue weighted by Gasteiger charge is 2.34. The molecule has 4 rings (SSSR count). The van der Waals surface area contributed by atoms with Gasteiger partial charge in [-0.1, -0.05) is 12.1 Å². The predicted octanol–water partition coefficient (Wildman–Crippen LogP) is 1.75. The highest BCUT2D eigenvalue weighted by molar-refractivity contribution is 7.16. The maximum Gasteiger partial charge on any atom is 0.262 e. The number of benzene rings is 1. The van der Waals surface area contributed by atoms with Crippen LogP contribution in [0.3, 0.4) is 0 Å². The maximum atomic E-state index is 12.3. The third kappa shape index (κ3) is 2.08. The van der Waals surface area contributed by atoms with Crippen molar-refractivity contribution in [2.45, 2.75) is 6.54 Å². The molecule has 2 amide bonds. The van der Waals surface area contributed by atoms with Crippen molar-refractivity contribution >= 4 is 33.4 Å². The zero-order chi connectivity index (χ0) is 16.0. The van der Waals surface area contributed by atoms with Crippen molar-refractivity contribution in [1.82, 2.24) is 14.5 Å². The molecular weight excluding hydrogens is 314 g/mol. The maximum absolute atomic E-state index is 12.3. The van der Waals surface area contributed by atoms with Gasteiger partial charge >= 0.3 is 0 Å². The van der Waals surface area contributed by atoms with E-state index in [1.54, 1.807) is 30.3 Å². The van der Waals surface area contributed by atoms with Crippen LogP contribution in [0, 0.1) is 0 Å². The van der Waals surface area contributed by atoms with E-state index < -0.39 is 0 Å². The van der Waals surface area contributed by atoms with E-state index in [0.717, 1.165) is 0 Å². The van der Waals surface area contributed by atoms with Crippen molar-refractivity contribution in [3.8, 4) is 0 Å². The molecule has 1 aliphatic heterocycles. The predicted molar refractivity (Wildman–Crippen MR) is 85.7 cm³/mol. The number of carbonyl (C=O) groups excluding carboxylic acids is 2. The molecule has 6 nitrogen and oxygen atoms in total. The Morgan fingerprint density at radius 2 is 1.65 bits per heavy atom. The van der Waals surface area contributed by atoms with Gasteiger partial charge in [0.2, 0.25) is 0 Å². The van der Waals surface area contributed by atoms with E-state index in [9.17, 15) is 14.4 Å². The molecule has 0 atom stereocenters. The Bertz CT molecular complexity index is 970. The molecule has 1 aromatic carbocycles. The number of fused-ring (bicyclic) bond motifs is 2. The molecule has 0 spiro atoms. The van der Waals surface area contributed by atoms with Gasteiger partial charge in [0.15, 0.2) is 0 Å². The number of nitrogens with zero attached hydrogens (tertiary/aromatic N) is 3. The number of carbonyl (C=O) groups is 2. The van der Waals surface area contributed by atoms with Gasteiger partial charge in [-0.2, -0.15) is 0 Å². The first kappa shape index (κ1) is 13.8. The summed E-state index contributed by atoms with van der Waals surface area (Å²) in [7, 11) is 0. The molecule has 1 aliphatic rings. The zero-order valence-corrected chi connectivity index (χ0v) is 12.7. The number of imide groups is 1. The zero-order valence-electron chi connectivity index (χ0n) is 11.9. The van der Waals surface area contributed by atoms with Crippen LogP contribution in [0.15, 0.2) is 46.8 Å². The molecule has 3 aromatic rings. The smallest absolute Gasteiger partial charge is 0.262 e. The Balaban J connectivity index is 1.60. The Kier molecular flexibility index (Phi) is 3.09. The second-order valence-electron chi connectivity index (χ2n) is 5.19. The number of thiophene rings is 1. The third-order valence-corrected chi connectivity index (χ3v) is 4.71. The molecule has 0 saturated carbocycles. The Morgan fingerprint density at radius 1 is 0.957 bits per heavy atom. The minimum Gasteiger partial charge on any atom is -0.297 e. The van der Waals surface area contributed by atoms with Crippen molar-refractivity contribution in [3.05, 3.63) is 63.5 Å². The molecular formula is C16H11N3O3S. The second-order valence-corrected chi connectivity index (χ2v) is 6.08. The van der Waals surface area contributed by atoms with Crippen molar-refractivity contribution in [2.24, 2.45) is 0 Å². The molecule has 0 radical (unpaired) electrons. The first-order valence-corrected chi connectivity index (χ1v) is 7.92. The van der Waals surface area contributed by atoms with Gasteiger partial charge in [0, 0.05) is 13.1 Å². The van der Waals surface area contributed by atoms with E-state index in [0.29, 0.717) is 21.3 Å². The third-order valence-electron chi connectivity index (χ3n) is 3.89. The van der Waals surface area contributed by atoms with Crippen molar-refractivity contribution in [1.29, 1.82) is 0 Å². The largest absolute Gasteiger partial charge is 0.297 e. The number of amides is 2. The lowest BCUT2D eigenvalue weighted by Gasteiger charge is -2.14. The van der Waals surface area contributed by atoms with E-state index in [4.69, 9.17) is 0 Å². The summed E-state index contributed by atoms with van der Waals surface area (Å²) in [5.74, 6) is -0.633. The molecule has 0 bridgehead atoms. The van der Waals surface area contributed by atoms with Crippen LogP contribution < -0.4 is 5.56 Å².